The van der Waals surface area contributed by atoms with Crippen molar-refractivity contribution in [3.8, 4) is 0 Å². The fourth-order valence-corrected chi connectivity index (χ4v) is 8.57. The molecule has 172 valence electrons. The Balaban J connectivity index is 1.56. The molecule has 0 radical (unpaired) electrons. The molecule has 0 aromatic carbocycles. The van der Waals surface area contributed by atoms with Crippen molar-refractivity contribution in [2.75, 3.05) is 0 Å². The summed E-state index contributed by atoms with van der Waals surface area (Å²) in [5.41, 5.74) is 1.16. The molecule has 8 atom stereocenters. The largest absolute Gasteiger partial charge is 0.295 e. The number of carbonyl (C=O) groups excluding carboxylic acids is 2. The van der Waals surface area contributed by atoms with Crippen LogP contribution in [0.4, 0.5) is 0 Å². The molecule has 2 heteroatoms. The highest BCUT2D eigenvalue weighted by Gasteiger charge is 2.60. The fourth-order valence-electron chi connectivity index (χ4n) is 8.57. The van der Waals surface area contributed by atoms with Gasteiger partial charge in [-0.25, -0.2) is 0 Å². The highest BCUT2D eigenvalue weighted by molar-refractivity contribution is 6.05. The van der Waals surface area contributed by atoms with Crippen LogP contribution >= 0.6 is 0 Å². The number of fused-ring (bicyclic) bond motifs is 5. The van der Waals surface area contributed by atoms with E-state index in [1.54, 1.807) is 6.08 Å². The summed E-state index contributed by atoms with van der Waals surface area (Å²) < 4.78 is 0. The first-order valence-electron chi connectivity index (χ1n) is 13.1. The van der Waals surface area contributed by atoms with Gasteiger partial charge >= 0.3 is 0 Å². The molecule has 3 saturated carbocycles. The van der Waals surface area contributed by atoms with E-state index in [0.717, 1.165) is 17.9 Å². The highest BCUT2D eigenvalue weighted by atomic mass is 16.1. The molecule has 4 aliphatic carbocycles. The molecule has 0 heterocycles. The predicted molar refractivity (Wildman–Crippen MR) is 128 cm³/mol. The summed E-state index contributed by atoms with van der Waals surface area (Å²) in [6, 6.07) is 0. The number of Topliss-reactive ketones (excluding diaryl/α,β-unsaturated/α-hetero) is 1. The van der Waals surface area contributed by atoms with Gasteiger partial charge in [0, 0.05) is 18.4 Å². The normalized spacial score (nSPS) is 42.2. The van der Waals surface area contributed by atoms with Crippen LogP contribution in [-0.4, -0.2) is 11.6 Å². The molecular weight excluding hydrogens is 380 g/mol. The average molecular weight is 425 g/mol. The van der Waals surface area contributed by atoms with Crippen molar-refractivity contribution < 1.29 is 9.59 Å². The van der Waals surface area contributed by atoms with Crippen molar-refractivity contribution in [3.63, 3.8) is 0 Å². The number of hydrogen-bond acceptors (Lipinski definition) is 2. The fraction of sp³-hybridized carbons (Fsp3) is 0.793. The number of hydrogen-bond donors (Lipinski definition) is 0. The Morgan fingerprint density at radius 1 is 1.03 bits per heavy atom. The maximum atomic E-state index is 13.2. The van der Waals surface area contributed by atoms with Crippen LogP contribution in [0.2, 0.25) is 0 Å². The lowest BCUT2D eigenvalue weighted by atomic mass is 9.46. The van der Waals surface area contributed by atoms with Crippen LogP contribution in [0.5, 0.6) is 0 Å². The van der Waals surface area contributed by atoms with E-state index in [9.17, 15) is 9.59 Å². The maximum absolute atomic E-state index is 13.2. The van der Waals surface area contributed by atoms with E-state index >= 15 is 0 Å². The standard InChI is InChI=1S/C29H44O2/c1-7-20(18(2)3)9-8-19(4)23-10-11-24-22-17-27(31)26-16-21(30)12-14-29(26,6)25(22)13-15-28(23,24)5/h8-9,16,18-20,22-25H,7,10-15,17H2,1-6H3/b9-8+/t19-,20+,22-,23+,24-,25-,28+,29+/m0/s1. The molecule has 0 saturated heterocycles. The zero-order chi connectivity index (χ0) is 22.6. The summed E-state index contributed by atoms with van der Waals surface area (Å²) >= 11 is 0. The molecule has 0 bridgehead atoms. The first-order chi connectivity index (χ1) is 14.6. The summed E-state index contributed by atoms with van der Waals surface area (Å²) in [6.07, 6.45) is 15.2. The summed E-state index contributed by atoms with van der Waals surface area (Å²) in [5, 5.41) is 0. The average Bonchev–Trinajstić information content (AvgIpc) is 3.07. The zero-order valence-corrected chi connectivity index (χ0v) is 20.7. The summed E-state index contributed by atoms with van der Waals surface area (Å²) in [6.45, 7) is 14.3. The number of rotatable bonds is 5. The van der Waals surface area contributed by atoms with E-state index in [4.69, 9.17) is 0 Å². The molecular formula is C29H44O2. The van der Waals surface area contributed by atoms with Gasteiger partial charge in [0.15, 0.2) is 11.6 Å². The second kappa shape index (κ2) is 8.31. The predicted octanol–water partition coefficient (Wildman–Crippen LogP) is 7.19. The van der Waals surface area contributed by atoms with Gasteiger partial charge in [0.1, 0.15) is 0 Å². The molecule has 0 aromatic rings. The van der Waals surface area contributed by atoms with Crippen LogP contribution in [-0.2, 0) is 9.59 Å². The molecule has 2 nitrogen and oxygen atoms in total. The molecule has 0 amide bonds. The Morgan fingerprint density at radius 2 is 1.77 bits per heavy atom. The molecule has 0 aromatic heterocycles. The first kappa shape index (κ1) is 23.0. The minimum absolute atomic E-state index is 0.0650. The molecule has 0 unspecified atom stereocenters. The minimum atomic E-state index is -0.0650. The maximum Gasteiger partial charge on any atom is 0.159 e. The Labute approximate surface area is 190 Å². The van der Waals surface area contributed by atoms with Gasteiger partial charge in [-0.15, -0.1) is 0 Å². The molecule has 4 aliphatic rings. The Kier molecular flexibility index (Phi) is 6.16. The van der Waals surface area contributed by atoms with Gasteiger partial charge in [-0.05, 0) is 96.9 Å². The van der Waals surface area contributed by atoms with E-state index in [1.165, 1.54) is 32.1 Å². The Bertz CT molecular complexity index is 789. The van der Waals surface area contributed by atoms with Crippen LogP contribution in [0, 0.1) is 52.3 Å². The SMILES string of the molecule is CC[C@H](/C=C/[C@H](C)[C@H]1CC[C@H]2[C@@H]3CC(=O)C4=CC(=O)CC[C@]4(C)[C@H]3CC[C@]12C)C(C)C. The summed E-state index contributed by atoms with van der Waals surface area (Å²) in [4.78, 5) is 25.2. The smallest absolute Gasteiger partial charge is 0.159 e. The van der Waals surface area contributed by atoms with E-state index in [1.807, 2.05) is 0 Å². The topological polar surface area (TPSA) is 34.1 Å². The molecule has 0 N–H and O–H groups in total. The van der Waals surface area contributed by atoms with Gasteiger partial charge in [0.05, 0.1) is 0 Å². The van der Waals surface area contributed by atoms with Crippen LogP contribution in [0.1, 0.15) is 92.9 Å². The van der Waals surface area contributed by atoms with Crippen molar-refractivity contribution in [2.45, 2.75) is 92.9 Å². The monoisotopic (exact) mass is 424 g/mol. The van der Waals surface area contributed by atoms with Gasteiger partial charge in [-0.3, -0.25) is 9.59 Å². The zero-order valence-electron chi connectivity index (χ0n) is 20.7. The Morgan fingerprint density at radius 3 is 2.45 bits per heavy atom. The number of ketones is 2. The number of carbonyl (C=O) groups is 2. The van der Waals surface area contributed by atoms with Gasteiger partial charge in [-0.2, -0.15) is 0 Å². The quantitative estimate of drug-likeness (QED) is 0.438. The summed E-state index contributed by atoms with van der Waals surface area (Å²) in [7, 11) is 0. The lowest BCUT2D eigenvalue weighted by Crippen LogP contribution is -2.53. The third-order valence-corrected chi connectivity index (χ3v) is 10.5. The molecule has 4 rings (SSSR count). The second-order valence-electron chi connectivity index (χ2n) is 12.2. The lowest BCUT2D eigenvalue weighted by molar-refractivity contribution is -0.131. The van der Waals surface area contributed by atoms with Crippen LogP contribution in [0.25, 0.3) is 0 Å². The third kappa shape index (κ3) is 3.70. The van der Waals surface area contributed by atoms with E-state index in [0.29, 0.717) is 53.8 Å². The van der Waals surface area contributed by atoms with E-state index < -0.39 is 0 Å². The van der Waals surface area contributed by atoms with Gasteiger partial charge in [0.25, 0.3) is 0 Å². The van der Waals surface area contributed by atoms with Crippen LogP contribution < -0.4 is 0 Å². The summed E-state index contributed by atoms with van der Waals surface area (Å²) in [5.74, 6) is 4.92. The minimum Gasteiger partial charge on any atom is -0.295 e. The van der Waals surface area contributed by atoms with E-state index in [-0.39, 0.29) is 17.0 Å². The molecule has 0 aliphatic heterocycles. The highest BCUT2D eigenvalue weighted by Crippen LogP contribution is 2.67. The van der Waals surface area contributed by atoms with Crippen molar-refractivity contribution in [1.29, 1.82) is 0 Å². The third-order valence-electron chi connectivity index (χ3n) is 10.5. The van der Waals surface area contributed by atoms with Crippen LogP contribution in [0.15, 0.2) is 23.8 Å². The molecule has 0 spiro atoms. The Hall–Kier alpha value is -1.18. The van der Waals surface area contributed by atoms with Gasteiger partial charge < -0.3 is 0 Å². The van der Waals surface area contributed by atoms with Gasteiger partial charge in [0.2, 0.25) is 0 Å². The lowest BCUT2D eigenvalue weighted by Gasteiger charge is -2.57. The number of allylic oxidation sites excluding steroid dienone is 3. The van der Waals surface area contributed by atoms with Crippen molar-refractivity contribution in [2.24, 2.45) is 52.3 Å². The second-order valence-corrected chi connectivity index (χ2v) is 12.2. The van der Waals surface area contributed by atoms with Crippen LogP contribution in [0.3, 0.4) is 0 Å². The molecule has 31 heavy (non-hydrogen) atoms. The van der Waals surface area contributed by atoms with Crippen molar-refractivity contribution in [1.82, 2.24) is 0 Å². The molecule has 3 fully saturated rings. The van der Waals surface area contributed by atoms with Crippen molar-refractivity contribution >= 4 is 11.6 Å². The first-order valence-corrected chi connectivity index (χ1v) is 13.1. The van der Waals surface area contributed by atoms with Gasteiger partial charge in [-0.1, -0.05) is 53.7 Å². The van der Waals surface area contributed by atoms with E-state index in [2.05, 4.69) is 53.7 Å². The van der Waals surface area contributed by atoms with Crippen molar-refractivity contribution in [3.05, 3.63) is 23.8 Å².